The maximum absolute atomic E-state index is 13.1. The number of unbranched alkanes of at least 4 members (excludes halogenated alkanes) is 49. The molecule has 1 amide bonds. The third-order valence-corrected chi connectivity index (χ3v) is 18.1. The second kappa shape index (κ2) is 66.8. The Balaban J connectivity index is 2.06. The molecule has 0 radical (unpaired) electrons. The second-order valence-corrected chi connectivity index (χ2v) is 26.4. The van der Waals surface area contributed by atoms with E-state index in [2.05, 4.69) is 67.8 Å². The molecule has 1 fully saturated rings. The van der Waals surface area contributed by atoms with Crippen LogP contribution in [0.1, 0.15) is 373 Å². The van der Waals surface area contributed by atoms with Crippen molar-refractivity contribution >= 4 is 5.91 Å². The van der Waals surface area contributed by atoms with Gasteiger partial charge in [-0.25, -0.2) is 0 Å². The molecule has 0 bridgehead atoms. The molecule has 0 aromatic carbocycles. The quantitative estimate of drug-likeness (QED) is 0.0261. The van der Waals surface area contributed by atoms with Gasteiger partial charge in [0.25, 0.3) is 0 Å². The average molecular weight is 1230 g/mol. The molecule has 1 aliphatic heterocycles. The number of aliphatic hydroxyl groups excluding tert-OH is 5. The number of allylic oxidation sites excluding steroid dienone is 9. The average Bonchev–Trinajstić information content (AvgIpc) is 3.47. The standard InChI is InChI=1S/C78H145NO8/c1-3-5-7-9-11-13-15-17-19-21-23-25-27-28-29-30-31-32-33-34-35-36-37-38-39-40-41-42-43-44-46-48-50-52-54-56-58-60-62-64-66-68-74(82)79-71(70-86-78-77(85)76(84)75(83)73(69-80)87-78)72(81)67-65-63-61-59-57-55-53-51-49-47-45-26-24-22-20-18-16-14-12-10-8-6-4-2/h15,17,21,23,27-28,57,59,65,67,71-73,75-78,80-81,83-85H,3-14,16,18-20,22,24-26,29-56,58,60-64,66,68-70H2,1-2H3,(H,79,82)/b17-15-,23-21-,28-27-,59-57+,67-65+. The summed E-state index contributed by atoms with van der Waals surface area (Å²) in [5.74, 6) is -0.180. The van der Waals surface area contributed by atoms with Crippen LogP contribution in [-0.4, -0.2) is 87.5 Å². The Morgan fingerprint density at radius 1 is 0.391 bits per heavy atom. The lowest BCUT2D eigenvalue weighted by molar-refractivity contribution is -0.302. The topological polar surface area (TPSA) is 149 Å². The molecule has 0 aromatic rings. The second-order valence-electron chi connectivity index (χ2n) is 26.4. The van der Waals surface area contributed by atoms with Gasteiger partial charge in [0.05, 0.1) is 25.4 Å². The van der Waals surface area contributed by atoms with Crippen molar-refractivity contribution in [2.24, 2.45) is 0 Å². The van der Waals surface area contributed by atoms with Crippen LogP contribution in [0.5, 0.6) is 0 Å². The summed E-state index contributed by atoms with van der Waals surface area (Å²) in [6.07, 6.45) is 86.5. The van der Waals surface area contributed by atoms with Gasteiger partial charge in [0.15, 0.2) is 6.29 Å². The number of nitrogens with one attached hydrogen (secondary N) is 1. The maximum atomic E-state index is 13.1. The Bertz CT molecular complexity index is 1560. The molecular weight excluding hydrogens is 1080 g/mol. The number of hydrogen-bond acceptors (Lipinski definition) is 8. The molecule has 1 rings (SSSR count). The molecule has 0 saturated carbocycles. The fourth-order valence-corrected chi connectivity index (χ4v) is 12.1. The van der Waals surface area contributed by atoms with Crippen LogP contribution in [-0.2, 0) is 14.3 Å². The summed E-state index contributed by atoms with van der Waals surface area (Å²) in [5, 5.41) is 54.8. The summed E-state index contributed by atoms with van der Waals surface area (Å²) >= 11 is 0. The molecule has 510 valence electrons. The summed E-state index contributed by atoms with van der Waals surface area (Å²) in [7, 11) is 0. The van der Waals surface area contributed by atoms with Crippen molar-refractivity contribution in [2.75, 3.05) is 13.2 Å². The van der Waals surface area contributed by atoms with Gasteiger partial charge in [-0.15, -0.1) is 0 Å². The number of ether oxygens (including phenoxy) is 2. The molecule has 9 heteroatoms. The summed E-state index contributed by atoms with van der Waals surface area (Å²) in [6.45, 7) is 3.80. The zero-order valence-corrected chi connectivity index (χ0v) is 57.3. The van der Waals surface area contributed by atoms with Crippen LogP contribution >= 0.6 is 0 Å². The Labute approximate surface area is 538 Å². The van der Waals surface area contributed by atoms with Crippen LogP contribution < -0.4 is 5.32 Å². The minimum atomic E-state index is -1.57. The minimum Gasteiger partial charge on any atom is -0.394 e. The molecule has 1 saturated heterocycles. The van der Waals surface area contributed by atoms with Crippen LogP contribution in [0.15, 0.2) is 60.8 Å². The molecule has 0 aromatic heterocycles. The number of aliphatic hydroxyl groups is 5. The highest BCUT2D eigenvalue weighted by Crippen LogP contribution is 2.24. The maximum Gasteiger partial charge on any atom is 0.220 e. The SMILES string of the molecule is CCCCCCC/C=C\C/C=C\C/C=C\CCCCCCCCCCCCCCCCCCCCCCCCCCCCC(=O)NC(COC1OC(CO)C(O)C(O)C1O)C(O)/C=C/CC/C=C/CCCCCCCCCCCCCCCCCCC. The number of amides is 1. The van der Waals surface area contributed by atoms with E-state index in [4.69, 9.17) is 9.47 Å². The Morgan fingerprint density at radius 2 is 0.690 bits per heavy atom. The third kappa shape index (κ3) is 55.3. The first-order chi connectivity index (χ1) is 42.8. The molecule has 6 N–H and O–H groups in total. The van der Waals surface area contributed by atoms with Crippen LogP contribution in [0.25, 0.3) is 0 Å². The van der Waals surface area contributed by atoms with Crippen molar-refractivity contribution < 1.29 is 39.8 Å². The molecule has 1 heterocycles. The fraction of sp³-hybridized carbons (Fsp3) is 0.859. The van der Waals surface area contributed by atoms with E-state index >= 15 is 0 Å². The van der Waals surface area contributed by atoms with Crippen LogP contribution in [0.2, 0.25) is 0 Å². The summed E-state index contributed by atoms with van der Waals surface area (Å²) in [6, 6.07) is -0.823. The zero-order valence-electron chi connectivity index (χ0n) is 57.3. The van der Waals surface area contributed by atoms with Crippen LogP contribution in [0.4, 0.5) is 0 Å². The lowest BCUT2D eigenvalue weighted by Gasteiger charge is -2.40. The van der Waals surface area contributed by atoms with Crippen molar-refractivity contribution in [2.45, 2.75) is 416 Å². The molecule has 9 nitrogen and oxygen atoms in total. The van der Waals surface area contributed by atoms with E-state index in [9.17, 15) is 30.3 Å². The van der Waals surface area contributed by atoms with E-state index in [0.29, 0.717) is 6.42 Å². The van der Waals surface area contributed by atoms with E-state index in [1.165, 1.54) is 302 Å². The van der Waals surface area contributed by atoms with Gasteiger partial charge in [-0.05, 0) is 70.6 Å². The Kier molecular flexibility index (Phi) is 63.7. The van der Waals surface area contributed by atoms with Crippen molar-refractivity contribution in [1.29, 1.82) is 0 Å². The van der Waals surface area contributed by atoms with Crippen molar-refractivity contribution in [3.63, 3.8) is 0 Å². The molecule has 87 heavy (non-hydrogen) atoms. The Hall–Kier alpha value is -2.11. The van der Waals surface area contributed by atoms with Gasteiger partial charge in [-0.3, -0.25) is 4.79 Å². The number of carbonyl (C=O) groups is 1. The zero-order chi connectivity index (χ0) is 62.8. The third-order valence-electron chi connectivity index (χ3n) is 18.1. The van der Waals surface area contributed by atoms with E-state index < -0.39 is 49.5 Å². The van der Waals surface area contributed by atoms with Gasteiger partial charge in [0.2, 0.25) is 5.91 Å². The summed E-state index contributed by atoms with van der Waals surface area (Å²) < 4.78 is 11.3. The van der Waals surface area contributed by atoms with Crippen LogP contribution in [0, 0.1) is 0 Å². The minimum absolute atomic E-state index is 0.180. The molecule has 0 spiro atoms. The smallest absolute Gasteiger partial charge is 0.220 e. The van der Waals surface area contributed by atoms with Crippen molar-refractivity contribution in [1.82, 2.24) is 5.32 Å². The first-order valence-corrected chi connectivity index (χ1v) is 38.0. The van der Waals surface area contributed by atoms with Crippen molar-refractivity contribution in [3.8, 4) is 0 Å². The number of rotatable bonds is 67. The predicted molar refractivity (Wildman–Crippen MR) is 373 cm³/mol. The van der Waals surface area contributed by atoms with Gasteiger partial charge in [-0.1, -0.05) is 357 Å². The number of hydrogen-bond donors (Lipinski definition) is 6. The van der Waals surface area contributed by atoms with Crippen molar-refractivity contribution in [3.05, 3.63) is 60.8 Å². The monoisotopic (exact) mass is 1220 g/mol. The molecule has 1 aliphatic rings. The van der Waals surface area contributed by atoms with E-state index in [-0.39, 0.29) is 12.5 Å². The molecule has 7 unspecified atom stereocenters. The normalized spacial score (nSPS) is 18.3. The van der Waals surface area contributed by atoms with Gasteiger partial charge in [-0.2, -0.15) is 0 Å². The highest BCUT2D eigenvalue weighted by molar-refractivity contribution is 5.76. The molecule has 0 aliphatic carbocycles. The lowest BCUT2D eigenvalue weighted by Crippen LogP contribution is -2.60. The first kappa shape index (κ1) is 82.9. The van der Waals surface area contributed by atoms with E-state index in [0.717, 1.165) is 51.4 Å². The van der Waals surface area contributed by atoms with E-state index in [1.54, 1.807) is 6.08 Å². The van der Waals surface area contributed by atoms with Gasteiger partial charge < -0.3 is 40.3 Å². The number of carbonyl (C=O) groups excluding carboxylic acids is 1. The summed E-state index contributed by atoms with van der Waals surface area (Å²) in [4.78, 5) is 13.1. The predicted octanol–water partition coefficient (Wildman–Crippen LogP) is 21.3. The lowest BCUT2D eigenvalue weighted by atomic mass is 9.99. The first-order valence-electron chi connectivity index (χ1n) is 38.0. The van der Waals surface area contributed by atoms with E-state index in [1.807, 2.05) is 6.08 Å². The van der Waals surface area contributed by atoms with Crippen LogP contribution in [0.3, 0.4) is 0 Å². The fourth-order valence-electron chi connectivity index (χ4n) is 12.1. The van der Waals surface area contributed by atoms with Gasteiger partial charge in [0.1, 0.15) is 24.4 Å². The summed E-state index contributed by atoms with van der Waals surface area (Å²) in [5.41, 5.74) is 0. The van der Waals surface area contributed by atoms with Gasteiger partial charge >= 0.3 is 0 Å². The highest BCUT2D eigenvalue weighted by atomic mass is 16.7. The highest BCUT2D eigenvalue weighted by Gasteiger charge is 2.44. The molecular formula is C78H145NO8. The van der Waals surface area contributed by atoms with Gasteiger partial charge in [0, 0.05) is 6.42 Å². The largest absolute Gasteiger partial charge is 0.394 e. The molecule has 7 atom stereocenters. The Morgan fingerprint density at radius 3 is 1.05 bits per heavy atom.